The summed E-state index contributed by atoms with van der Waals surface area (Å²) in [5.41, 5.74) is 1.12. The molecule has 0 bridgehead atoms. The Hall–Kier alpha value is -1.81. The van der Waals surface area contributed by atoms with Crippen molar-refractivity contribution in [3.63, 3.8) is 0 Å². The first-order chi connectivity index (χ1) is 12.7. The van der Waals surface area contributed by atoms with E-state index in [1.54, 1.807) is 7.11 Å². The number of thiophene rings is 1. The fraction of sp³-hybridized carbons (Fsp3) is 0.368. The van der Waals surface area contributed by atoms with Gasteiger partial charge in [0.1, 0.15) is 5.75 Å². The van der Waals surface area contributed by atoms with E-state index in [1.165, 1.54) is 11.3 Å². The molecule has 0 aliphatic rings. The highest BCUT2D eigenvalue weighted by Crippen LogP contribution is 2.11. The van der Waals surface area contributed by atoms with Gasteiger partial charge in [0.05, 0.1) is 18.5 Å². The van der Waals surface area contributed by atoms with Gasteiger partial charge in [-0.2, -0.15) is 0 Å². The predicted molar refractivity (Wildman–Crippen MR) is 122 cm³/mol. The number of ether oxygens (including phenoxy) is 1. The van der Waals surface area contributed by atoms with Crippen molar-refractivity contribution >= 4 is 47.2 Å². The third kappa shape index (κ3) is 8.61. The Labute approximate surface area is 181 Å². The first-order valence-corrected chi connectivity index (χ1v) is 9.57. The molecule has 0 saturated carbocycles. The number of amides is 1. The zero-order chi connectivity index (χ0) is 18.6. The normalized spacial score (nSPS) is 10.7. The molecule has 0 aliphatic carbocycles. The van der Waals surface area contributed by atoms with Crippen LogP contribution in [0.3, 0.4) is 0 Å². The van der Waals surface area contributed by atoms with E-state index in [-0.39, 0.29) is 29.9 Å². The van der Waals surface area contributed by atoms with Gasteiger partial charge >= 0.3 is 0 Å². The molecule has 0 atom stereocenters. The number of carbonyl (C=O) groups excluding carboxylic acids is 1. The molecule has 0 unspecified atom stereocenters. The lowest BCUT2D eigenvalue weighted by atomic mass is 10.2. The van der Waals surface area contributed by atoms with Crippen LogP contribution in [0.15, 0.2) is 46.8 Å². The summed E-state index contributed by atoms with van der Waals surface area (Å²) in [6.07, 6.45) is 0.823. The third-order valence-electron chi connectivity index (χ3n) is 3.60. The Bertz CT molecular complexity index is 690. The van der Waals surface area contributed by atoms with E-state index in [1.807, 2.05) is 48.7 Å². The highest BCUT2D eigenvalue weighted by Gasteiger charge is 2.04. The fourth-order valence-electron chi connectivity index (χ4n) is 2.24. The van der Waals surface area contributed by atoms with Crippen LogP contribution in [0.4, 0.5) is 0 Å². The molecule has 1 aromatic heterocycles. The maximum Gasteiger partial charge on any atom is 0.261 e. The second kappa shape index (κ2) is 13.4. The summed E-state index contributed by atoms with van der Waals surface area (Å²) >= 11 is 1.45. The summed E-state index contributed by atoms with van der Waals surface area (Å²) < 4.78 is 5.16. The van der Waals surface area contributed by atoms with E-state index in [4.69, 9.17) is 4.74 Å². The van der Waals surface area contributed by atoms with Gasteiger partial charge in [-0.05, 0) is 42.5 Å². The van der Waals surface area contributed by atoms with E-state index >= 15 is 0 Å². The number of guanidine groups is 1. The van der Waals surface area contributed by atoms with Crippen LogP contribution in [0.2, 0.25) is 0 Å². The minimum absolute atomic E-state index is 0. The van der Waals surface area contributed by atoms with Crippen LogP contribution >= 0.6 is 35.3 Å². The number of halogens is 1. The van der Waals surface area contributed by atoms with Crippen LogP contribution < -0.4 is 20.7 Å². The standard InChI is InChI=1S/C19H26N4O2S.HI/c1-3-20-19(23-14-15-7-9-16(25-2)10-8-15)22-12-5-11-21-18(24)17-6-4-13-26-17;/h4,6-10,13H,3,5,11-12,14H2,1-2H3,(H,21,24)(H2,20,22,23);1H. The molecule has 2 aromatic rings. The second-order valence-corrected chi connectivity index (χ2v) is 6.50. The van der Waals surface area contributed by atoms with Crippen LogP contribution in [0.25, 0.3) is 0 Å². The summed E-state index contributed by atoms with van der Waals surface area (Å²) in [4.78, 5) is 17.2. The summed E-state index contributed by atoms with van der Waals surface area (Å²) in [5, 5.41) is 11.3. The molecule has 1 amide bonds. The quantitative estimate of drug-likeness (QED) is 0.213. The van der Waals surface area contributed by atoms with E-state index in [9.17, 15) is 4.79 Å². The van der Waals surface area contributed by atoms with Crippen LogP contribution in [0.1, 0.15) is 28.6 Å². The Balaban J connectivity index is 0.00000364. The Morgan fingerprint density at radius 2 is 1.85 bits per heavy atom. The molecule has 148 valence electrons. The first kappa shape index (κ1) is 23.2. The third-order valence-corrected chi connectivity index (χ3v) is 4.47. The molecule has 1 aromatic carbocycles. The largest absolute Gasteiger partial charge is 0.497 e. The van der Waals surface area contributed by atoms with Crippen LogP contribution in [-0.4, -0.2) is 38.6 Å². The topological polar surface area (TPSA) is 74.8 Å². The molecule has 8 heteroatoms. The van der Waals surface area contributed by atoms with Gasteiger partial charge in [0.25, 0.3) is 5.91 Å². The number of benzene rings is 1. The Kier molecular flexibility index (Phi) is 11.5. The molecular weight excluding hydrogens is 475 g/mol. The maximum absolute atomic E-state index is 11.8. The molecule has 0 aliphatic heterocycles. The van der Waals surface area contributed by atoms with Gasteiger partial charge in [0.15, 0.2) is 5.96 Å². The van der Waals surface area contributed by atoms with E-state index in [0.717, 1.165) is 41.7 Å². The van der Waals surface area contributed by atoms with Gasteiger partial charge in [-0.3, -0.25) is 4.79 Å². The van der Waals surface area contributed by atoms with Crippen molar-refractivity contribution in [1.29, 1.82) is 0 Å². The van der Waals surface area contributed by atoms with Crippen molar-refractivity contribution in [2.75, 3.05) is 26.7 Å². The van der Waals surface area contributed by atoms with Gasteiger partial charge < -0.3 is 20.7 Å². The van der Waals surface area contributed by atoms with Crippen LogP contribution in [-0.2, 0) is 6.54 Å². The van der Waals surface area contributed by atoms with Crippen molar-refractivity contribution in [3.05, 3.63) is 52.2 Å². The summed E-state index contributed by atoms with van der Waals surface area (Å²) in [5.74, 6) is 1.60. The fourth-order valence-corrected chi connectivity index (χ4v) is 2.88. The Morgan fingerprint density at radius 3 is 2.48 bits per heavy atom. The minimum atomic E-state index is -0.0138. The van der Waals surface area contributed by atoms with Gasteiger partial charge in [-0.25, -0.2) is 4.99 Å². The zero-order valence-electron chi connectivity index (χ0n) is 15.7. The number of hydrogen-bond acceptors (Lipinski definition) is 4. The summed E-state index contributed by atoms with van der Waals surface area (Å²) in [7, 11) is 1.66. The average molecular weight is 502 g/mol. The molecule has 2 rings (SSSR count). The molecule has 6 nitrogen and oxygen atoms in total. The van der Waals surface area contributed by atoms with Crippen molar-refractivity contribution in [3.8, 4) is 5.75 Å². The molecule has 27 heavy (non-hydrogen) atoms. The number of hydrogen-bond donors (Lipinski definition) is 3. The highest BCUT2D eigenvalue weighted by molar-refractivity contribution is 14.0. The molecular formula is C19H27IN4O2S. The number of methoxy groups -OCH3 is 1. The SMILES string of the molecule is CCNC(=NCc1ccc(OC)cc1)NCCCNC(=O)c1cccs1.I. The molecule has 1 heterocycles. The van der Waals surface area contributed by atoms with E-state index < -0.39 is 0 Å². The second-order valence-electron chi connectivity index (χ2n) is 5.56. The lowest BCUT2D eigenvalue weighted by Crippen LogP contribution is -2.38. The number of nitrogens with zero attached hydrogens (tertiary/aromatic N) is 1. The smallest absolute Gasteiger partial charge is 0.261 e. The lowest BCUT2D eigenvalue weighted by molar-refractivity contribution is 0.0957. The number of rotatable bonds is 9. The van der Waals surface area contributed by atoms with Gasteiger partial charge in [0.2, 0.25) is 0 Å². The molecule has 0 fully saturated rings. The van der Waals surface area contributed by atoms with Crippen LogP contribution in [0, 0.1) is 0 Å². The monoisotopic (exact) mass is 502 g/mol. The number of carbonyl (C=O) groups is 1. The van der Waals surface area contributed by atoms with E-state index in [2.05, 4.69) is 20.9 Å². The molecule has 0 spiro atoms. The summed E-state index contributed by atoms with van der Waals surface area (Å²) in [6.45, 7) is 4.78. The highest BCUT2D eigenvalue weighted by atomic mass is 127. The minimum Gasteiger partial charge on any atom is -0.497 e. The lowest BCUT2D eigenvalue weighted by Gasteiger charge is -2.11. The molecule has 0 radical (unpaired) electrons. The molecule has 0 saturated heterocycles. The average Bonchev–Trinajstić information content (AvgIpc) is 3.21. The first-order valence-electron chi connectivity index (χ1n) is 8.69. The Morgan fingerprint density at radius 1 is 1.11 bits per heavy atom. The predicted octanol–water partition coefficient (Wildman–Crippen LogP) is 3.25. The van der Waals surface area contributed by atoms with Gasteiger partial charge in [-0.15, -0.1) is 35.3 Å². The van der Waals surface area contributed by atoms with Crippen molar-refractivity contribution < 1.29 is 9.53 Å². The zero-order valence-corrected chi connectivity index (χ0v) is 18.8. The molecule has 3 N–H and O–H groups in total. The van der Waals surface area contributed by atoms with Crippen molar-refractivity contribution in [1.82, 2.24) is 16.0 Å². The van der Waals surface area contributed by atoms with E-state index in [0.29, 0.717) is 13.1 Å². The summed E-state index contributed by atoms with van der Waals surface area (Å²) in [6, 6.07) is 11.6. The van der Waals surface area contributed by atoms with Gasteiger partial charge in [-0.1, -0.05) is 18.2 Å². The van der Waals surface area contributed by atoms with Crippen LogP contribution in [0.5, 0.6) is 5.75 Å². The maximum atomic E-state index is 11.8. The number of nitrogens with one attached hydrogen (secondary N) is 3. The number of aliphatic imine (C=N–C) groups is 1. The van der Waals surface area contributed by atoms with Crippen molar-refractivity contribution in [2.24, 2.45) is 4.99 Å². The van der Waals surface area contributed by atoms with Gasteiger partial charge in [0, 0.05) is 19.6 Å². The van der Waals surface area contributed by atoms with Crippen molar-refractivity contribution in [2.45, 2.75) is 19.9 Å².